The maximum Gasteiger partial charge on any atom is 0.442 e. The van der Waals surface area contributed by atoms with Crippen LogP contribution in [0.5, 0.6) is 5.75 Å². The van der Waals surface area contributed by atoms with E-state index in [0.717, 1.165) is 31.9 Å². The van der Waals surface area contributed by atoms with Crippen molar-refractivity contribution < 1.29 is 27.3 Å². The number of carbonyl (C=O) groups is 1. The minimum Gasteiger partial charge on any atom is -0.494 e. The van der Waals surface area contributed by atoms with Gasteiger partial charge in [0.15, 0.2) is 5.82 Å². The van der Waals surface area contributed by atoms with Crippen molar-refractivity contribution in [2.45, 2.75) is 64.2 Å². The zero-order valence-electron chi connectivity index (χ0n) is 23.1. The minimum absolute atomic E-state index is 0.0357. The minimum atomic E-state index is -2.99. The maximum absolute atomic E-state index is 14.8. The van der Waals surface area contributed by atoms with E-state index in [1.165, 1.54) is 18.4 Å². The van der Waals surface area contributed by atoms with Crippen LogP contribution in [0.25, 0.3) is 11.3 Å². The predicted molar refractivity (Wildman–Crippen MR) is 151 cm³/mol. The summed E-state index contributed by atoms with van der Waals surface area (Å²) < 4.78 is 57.4. The number of benzene rings is 2. The van der Waals surface area contributed by atoms with E-state index in [-0.39, 0.29) is 23.2 Å². The Labute approximate surface area is 233 Å². The fourth-order valence-electron chi connectivity index (χ4n) is 4.31. The molecule has 1 unspecified atom stereocenters. The lowest BCUT2D eigenvalue weighted by Gasteiger charge is -2.17. The molecule has 0 spiro atoms. The van der Waals surface area contributed by atoms with Crippen LogP contribution in [0.3, 0.4) is 0 Å². The van der Waals surface area contributed by atoms with E-state index in [0.29, 0.717) is 41.2 Å². The van der Waals surface area contributed by atoms with E-state index in [4.69, 9.17) is 9.47 Å². The molecule has 0 aliphatic carbocycles. The Morgan fingerprint density at radius 3 is 2.65 bits per heavy atom. The summed E-state index contributed by atoms with van der Waals surface area (Å²) in [5, 5.41) is 3.06. The van der Waals surface area contributed by atoms with Crippen molar-refractivity contribution in [3.05, 3.63) is 65.4 Å². The third kappa shape index (κ3) is 8.45. The normalized spacial score (nSPS) is 15.6. The average Bonchev–Trinajstić information content (AvgIpc) is 2.83. The molecule has 2 heterocycles. The van der Waals surface area contributed by atoms with E-state index in [9.17, 15) is 17.8 Å². The molecule has 0 radical (unpaired) electrons. The summed E-state index contributed by atoms with van der Waals surface area (Å²) in [4.78, 5) is 20.6. The number of carbonyl (C=O) groups excluding carboxylic acids is 1. The number of fused-ring (bicyclic) bond motifs is 7. The van der Waals surface area contributed by atoms with Crippen LogP contribution >= 0.6 is 0 Å². The highest BCUT2D eigenvalue weighted by molar-refractivity contribution is 7.92. The van der Waals surface area contributed by atoms with Crippen molar-refractivity contribution in [2.75, 3.05) is 18.2 Å². The van der Waals surface area contributed by atoms with Gasteiger partial charge in [0, 0.05) is 23.6 Å². The number of anilines is 2. The van der Waals surface area contributed by atoms with Crippen molar-refractivity contribution >= 4 is 27.5 Å². The van der Waals surface area contributed by atoms with Gasteiger partial charge in [-0.25, -0.2) is 27.8 Å². The molecule has 8 nitrogen and oxygen atoms in total. The molecule has 214 valence electrons. The van der Waals surface area contributed by atoms with Crippen molar-refractivity contribution in [1.29, 1.82) is 0 Å². The molecule has 0 saturated heterocycles. The summed E-state index contributed by atoms with van der Waals surface area (Å²) in [7, 11) is -2.99. The van der Waals surface area contributed by atoms with Crippen LogP contribution in [-0.4, -0.2) is 38.7 Å². The molecular weight excluding hydrogens is 538 g/mol. The lowest BCUT2D eigenvalue weighted by atomic mass is 10.0. The fraction of sp³-hybridized carbons (Fsp3) is 0.414. The van der Waals surface area contributed by atoms with Gasteiger partial charge in [-0.05, 0) is 81.5 Å². The Morgan fingerprint density at radius 2 is 1.88 bits per heavy atom. The summed E-state index contributed by atoms with van der Waals surface area (Å²) in [6.45, 7) is 5.57. The van der Waals surface area contributed by atoms with Crippen LogP contribution in [0, 0.1) is 11.6 Å². The lowest BCUT2D eigenvalue weighted by molar-refractivity contribution is 0.0607. The van der Waals surface area contributed by atoms with Crippen LogP contribution in [-0.2, 0) is 26.6 Å². The monoisotopic (exact) mass is 572 g/mol. The highest BCUT2D eigenvalue weighted by Gasteiger charge is 2.18. The van der Waals surface area contributed by atoms with Gasteiger partial charge in [-0.1, -0.05) is 12.8 Å². The third-order valence-corrected chi connectivity index (χ3v) is 7.39. The highest BCUT2D eigenvalue weighted by atomic mass is 32.2. The Hall–Kier alpha value is -3.60. The van der Waals surface area contributed by atoms with Gasteiger partial charge in [0.2, 0.25) is 5.95 Å². The Morgan fingerprint density at radius 1 is 1.10 bits per heavy atom. The second kappa shape index (κ2) is 12.3. The summed E-state index contributed by atoms with van der Waals surface area (Å²) in [6.07, 6.45) is 5.45. The quantitative estimate of drug-likeness (QED) is 0.347. The predicted octanol–water partition coefficient (Wildman–Crippen LogP) is 7.19. The molecule has 40 heavy (non-hydrogen) atoms. The van der Waals surface area contributed by atoms with Crippen LogP contribution in [0.4, 0.5) is 25.2 Å². The number of nitrogens with one attached hydrogen (secondary N) is 1. The number of aromatic nitrogens is 2. The number of hydrogen-bond donors (Lipinski definition) is 1. The summed E-state index contributed by atoms with van der Waals surface area (Å²) in [5.41, 5.74) is 1.37. The Kier molecular flexibility index (Phi) is 9.02. The second-order valence-electron chi connectivity index (χ2n) is 10.9. The molecule has 1 atom stereocenters. The topological polar surface area (TPSA) is 103 Å². The van der Waals surface area contributed by atoms with Crippen LogP contribution in [0.2, 0.25) is 0 Å². The Balaban J connectivity index is 1.69. The highest BCUT2D eigenvalue weighted by Crippen LogP contribution is 2.28. The molecule has 1 N–H and O–H groups in total. The number of rotatable bonds is 2. The number of ether oxygens (including phenoxy) is 2. The van der Waals surface area contributed by atoms with E-state index in [1.54, 1.807) is 45.0 Å². The van der Waals surface area contributed by atoms with Gasteiger partial charge in [0.1, 0.15) is 22.9 Å². The SMILES string of the molecule is CC(C)(C)OC(=O)N=S(C)(=O)Cc1cc2cc(c1)OCCCCCCc1cc(ccc1F)-c1nc(ncc1F)N2. The molecule has 1 amide bonds. The molecule has 1 aromatic heterocycles. The van der Waals surface area contributed by atoms with E-state index in [1.807, 2.05) is 0 Å². The average molecular weight is 573 g/mol. The number of amides is 1. The smallest absolute Gasteiger partial charge is 0.442 e. The second-order valence-corrected chi connectivity index (χ2v) is 13.3. The first kappa shape index (κ1) is 29.4. The molecule has 4 rings (SSSR count). The molecule has 1 aliphatic heterocycles. The molecule has 3 aromatic rings. The molecule has 11 heteroatoms. The first-order chi connectivity index (χ1) is 18.9. The third-order valence-electron chi connectivity index (χ3n) is 5.99. The van der Waals surface area contributed by atoms with E-state index in [2.05, 4.69) is 19.6 Å². The van der Waals surface area contributed by atoms with Gasteiger partial charge in [-0.3, -0.25) is 0 Å². The van der Waals surface area contributed by atoms with Crippen molar-refractivity contribution in [3.8, 4) is 17.0 Å². The summed E-state index contributed by atoms with van der Waals surface area (Å²) >= 11 is 0. The molecule has 2 aromatic carbocycles. The van der Waals surface area contributed by atoms with Gasteiger partial charge in [0.05, 0.1) is 28.3 Å². The van der Waals surface area contributed by atoms with Crippen molar-refractivity contribution in [3.63, 3.8) is 0 Å². The van der Waals surface area contributed by atoms with Gasteiger partial charge in [-0.15, -0.1) is 4.36 Å². The van der Waals surface area contributed by atoms with Gasteiger partial charge in [-0.2, -0.15) is 0 Å². The van der Waals surface area contributed by atoms with E-state index >= 15 is 0 Å². The van der Waals surface area contributed by atoms with Crippen LogP contribution < -0.4 is 10.1 Å². The fourth-order valence-corrected chi connectivity index (χ4v) is 5.52. The van der Waals surface area contributed by atoms with Crippen molar-refractivity contribution in [1.82, 2.24) is 9.97 Å². The molecule has 6 bridgehead atoms. The van der Waals surface area contributed by atoms with Crippen LogP contribution in [0.1, 0.15) is 57.6 Å². The molecule has 1 aliphatic rings. The first-order valence-corrected chi connectivity index (χ1v) is 15.2. The van der Waals surface area contributed by atoms with Gasteiger partial charge in [0.25, 0.3) is 0 Å². The van der Waals surface area contributed by atoms with Gasteiger partial charge < -0.3 is 14.8 Å². The molecular formula is C29H34F2N4O4S. The zero-order chi connectivity index (χ0) is 28.9. The van der Waals surface area contributed by atoms with Crippen molar-refractivity contribution in [2.24, 2.45) is 4.36 Å². The first-order valence-electron chi connectivity index (χ1n) is 13.1. The molecule has 0 fully saturated rings. The van der Waals surface area contributed by atoms with Gasteiger partial charge >= 0.3 is 6.09 Å². The Bertz CT molecular complexity index is 1510. The summed E-state index contributed by atoms with van der Waals surface area (Å²) in [6, 6.07) is 9.68. The molecule has 0 saturated carbocycles. The van der Waals surface area contributed by atoms with Crippen LogP contribution in [0.15, 0.2) is 47.0 Å². The largest absolute Gasteiger partial charge is 0.494 e. The lowest BCUT2D eigenvalue weighted by Crippen LogP contribution is -2.22. The number of nitrogens with zero attached hydrogens (tertiary/aromatic N) is 3. The number of hydrogen-bond acceptors (Lipinski definition) is 7. The number of aryl methyl sites for hydroxylation is 1. The zero-order valence-corrected chi connectivity index (χ0v) is 23.9. The summed E-state index contributed by atoms with van der Waals surface area (Å²) in [5.74, 6) is -0.356. The maximum atomic E-state index is 14.8. The van der Waals surface area contributed by atoms with E-state index < -0.39 is 27.2 Å². The standard InChI is InChI=1S/C29H34F2N4O4S/c1-29(2,3)39-28(36)35-40(4,37)18-19-13-22-16-23(14-19)38-12-8-6-5-7-9-20-15-21(10-11-24(20)30)26-25(31)17-32-27(33-22)34-26/h10-11,13-17H,5-9,12,18H2,1-4H3,(H,32,33,34). The number of halogens is 2.